The molecule has 1 N–H and O–H groups in total. The van der Waals surface area contributed by atoms with Gasteiger partial charge in [-0.25, -0.2) is 0 Å². The minimum absolute atomic E-state index is 0.0384. The van der Waals surface area contributed by atoms with Gasteiger partial charge in [0.25, 0.3) is 0 Å². The molecule has 4 heteroatoms. The van der Waals surface area contributed by atoms with Gasteiger partial charge in [0.15, 0.2) is 0 Å². The molecule has 1 aromatic heterocycles. The van der Waals surface area contributed by atoms with Crippen molar-refractivity contribution < 1.29 is 4.79 Å². The molecule has 0 aliphatic carbocycles. The molecule has 78 valence electrons. The predicted octanol–water partition coefficient (Wildman–Crippen LogP) is 2.71. The van der Waals surface area contributed by atoms with Crippen LogP contribution in [-0.4, -0.2) is 10.7 Å². The molecule has 1 rings (SSSR count). The molecular weight excluding hydrogens is 262 g/mol. The summed E-state index contributed by atoms with van der Waals surface area (Å²) in [5.74, 6) is 0.0384. The molecule has 0 spiro atoms. The number of aryl methyl sites for hydroxylation is 1. The predicted molar refractivity (Wildman–Crippen MR) is 63.9 cm³/mol. The van der Waals surface area contributed by atoms with Crippen LogP contribution in [0.4, 0.5) is 0 Å². The molecule has 1 amide bonds. The van der Waals surface area contributed by atoms with Gasteiger partial charge in [-0.05, 0) is 25.5 Å². The largest absolute Gasteiger partial charge is 0.350 e. The SMILES string of the molecule is CCc1ccc(CNC(=O)C(C)Br)s1. The number of thiophene rings is 1. The third-order valence-corrected chi connectivity index (χ3v) is 3.51. The standard InChI is InChI=1S/C10H14BrNOS/c1-3-8-4-5-9(14-8)6-12-10(13)7(2)11/h4-5,7H,3,6H2,1-2H3,(H,12,13). The zero-order valence-corrected chi connectivity index (χ0v) is 10.7. The zero-order valence-electron chi connectivity index (χ0n) is 8.34. The van der Waals surface area contributed by atoms with E-state index in [4.69, 9.17) is 0 Å². The van der Waals surface area contributed by atoms with Crippen molar-refractivity contribution in [3.63, 3.8) is 0 Å². The van der Waals surface area contributed by atoms with E-state index in [-0.39, 0.29) is 10.7 Å². The van der Waals surface area contributed by atoms with Crippen LogP contribution in [0.25, 0.3) is 0 Å². The summed E-state index contributed by atoms with van der Waals surface area (Å²) in [4.78, 5) is 13.7. The molecule has 0 bridgehead atoms. The Morgan fingerprint density at radius 3 is 2.71 bits per heavy atom. The summed E-state index contributed by atoms with van der Waals surface area (Å²) in [6.07, 6.45) is 1.06. The van der Waals surface area contributed by atoms with Gasteiger partial charge in [-0.2, -0.15) is 0 Å². The number of halogens is 1. The first-order chi connectivity index (χ1) is 6.63. The molecule has 1 aromatic rings. The van der Waals surface area contributed by atoms with E-state index in [0.29, 0.717) is 6.54 Å². The van der Waals surface area contributed by atoms with Crippen LogP contribution in [0.3, 0.4) is 0 Å². The molecule has 0 fully saturated rings. The lowest BCUT2D eigenvalue weighted by atomic mass is 10.3. The van der Waals surface area contributed by atoms with Crippen molar-refractivity contribution in [2.24, 2.45) is 0 Å². The number of carbonyl (C=O) groups excluding carboxylic acids is 1. The van der Waals surface area contributed by atoms with Crippen molar-refractivity contribution in [3.05, 3.63) is 21.9 Å². The van der Waals surface area contributed by atoms with Gasteiger partial charge in [-0.1, -0.05) is 22.9 Å². The molecule has 2 nitrogen and oxygen atoms in total. The van der Waals surface area contributed by atoms with Gasteiger partial charge in [0, 0.05) is 9.75 Å². The van der Waals surface area contributed by atoms with Gasteiger partial charge in [0.2, 0.25) is 5.91 Å². The molecule has 0 aliphatic rings. The van der Waals surface area contributed by atoms with E-state index < -0.39 is 0 Å². The van der Waals surface area contributed by atoms with E-state index in [9.17, 15) is 4.79 Å². The summed E-state index contributed by atoms with van der Waals surface area (Å²) in [7, 11) is 0. The third kappa shape index (κ3) is 3.42. The van der Waals surface area contributed by atoms with Crippen LogP contribution >= 0.6 is 27.3 Å². The first kappa shape index (κ1) is 11.7. The highest BCUT2D eigenvalue weighted by Crippen LogP contribution is 2.16. The molecule has 1 atom stereocenters. The topological polar surface area (TPSA) is 29.1 Å². The van der Waals surface area contributed by atoms with Crippen molar-refractivity contribution in [2.75, 3.05) is 0 Å². The van der Waals surface area contributed by atoms with Crippen LogP contribution in [0.15, 0.2) is 12.1 Å². The van der Waals surface area contributed by atoms with Crippen LogP contribution < -0.4 is 5.32 Å². The van der Waals surface area contributed by atoms with Crippen LogP contribution in [0, 0.1) is 0 Å². The number of hydrogen-bond donors (Lipinski definition) is 1. The Balaban J connectivity index is 2.41. The van der Waals surface area contributed by atoms with Gasteiger partial charge < -0.3 is 5.32 Å². The Bertz CT molecular complexity index is 309. The zero-order chi connectivity index (χ0) is 10.6. The van der Waals surface area contributed by atoms with E-state index in [1.807, 2.05) is 6.92 Å². The van der Waals surface area contributed by atoms with Gasteiger partial charge >= 0.3 is 0 Å². The summed E-state index contributed by atoms with van der Waals surface area (Å²) in [6, 6.07) is 4.19. The molecule has 14 heavy (non-hydrogen) atoms. The van der Waals surface area contributed by atoms with Crippen molar-refractivity contribution >= 4 is 33.2 Å². The fraction of sp³-hybridized carbons (Fsp3) is 0.500. The van der Waals surface area contributed by atoms with E-state index in [2.05, 4.69) is 40.3 Å². The molecular formula is C10H14BrNOS. The van der Waals surface area contributed by atoms with Crippen molar-refractivity contribution in [2.45, 2.75) is 31.6 Å². The molecule has 1 heterocycles. The Hall–Kier alpha value is -0.350. The fourth-order valence-electron chi connectivity index (χ4n) is 1.02. The Labute approximate surface area is 96.8 Å². The van der Waals surface area contributed by atoms with Gasteiger partial charge in [-0.15, -0.1) is 11.3 Å². The maximum absolute atomic E-state index is 11.2. The first-order valence-electron chi connectivity index (χ1n) is 4.63. The minimum atomic E-state index is -0.117. The highest BCUT2D eigenvalue weighted by molar-refractivity contribution is 9.10. The molecule has 0 saturated heterocycles. The second-order valence-corrected chi connectivity index (χ2v) is 5.68. The minimum Gasteiger partial charge on any atom is -0.350 e. The third-order valence-electron chi connectivity index (χ3n) is 1.86. The van der Waals surface area contributed by atoms with Crippen LogP contribution in [0.1, 0.15) is 23.6 Å². The quantitative estimate of drug-likeness (QED) is 0.842. The molecule has 0 aromatic carbocycles. The van der Waals surface area contributed by atoms with Gasteiger partial charge in [-0.3, -0.25) is 4.79 Å². The van der Waals surface area contributed by atoms with E-state index in [1.54, 1.807) is 11.3 Å². The number of rotatable bonds is 4. The lowest BCUT2D eigenvalue weighted by Gasteiger charge is -2.04. The summed E-state index contributed by atoms with van der Waals surface area (Å²) >= 11 is 4.98. The number of nitrogens with one attached hydrogen (secondary N) is 1. The van der Waals surface area contributed by atoms with E-state index in [1.165, 1.54) is 9.75 Å². The second kappa shape index (κ2) is 5.51. The average Bonchev–Trinajstić information content (AvgIpc) is 2.61. The molecule has 0 saturated carbocycles. The maximum Gasteiger partial charge on any atom is 0.233 e. The molecule has 0 radical (unpaired) electrons. The normalized spacial score (nSPS) is 12.5. The molecule has 0 aliphatic heterocycles. The van der Waals surface area contributed by atoms with Crippen molar-refractivity contribution in [1.29, 1.82) is 0 Å². The van der Waals surface area contributed by atoms with Crippen molar-refractivity contribution in [3.8, 4) is 0 Å². The van der Waals surface area contributed by atoms with Crippen LogP contribution in [0.2, 0.25) is 0 Å². The van der Waals surface area contributed by atoms with Crippen LogP contribution in [-0.2, 0) is 17.8 Å². The second-order valence-electron chi connectivity index (χ2n) is 3.06. The smallest absolute Gasteiger partial charge is 0.233 e. The number of alkyl halides is 1. The summed E-state index contributed by atoms with van der Waals surface area (Å²) < 4.78 is 0. The molecule has 1 unspecified atom stereocenters. The van der Waals surface area contributed by atoms with Crippen LogP contribution in [0.5, 0.6) is 0 Å². The number of hydrogen-bond acceptors (Lipinski definition) is 2. The lowest BCUT2D eigenvalue weighted by molar-refractivity contribution is -0.120. The number of carbonyl (C=O) groups is 1. The van der Waals surface area contributed by atoms with Gasteiger partial charge in [0.05, 0.1) is 11.4 Å². The highest BCUT2D eigenvalue weighted by atomic mass is 79.9. The fourth-order valence-corrected chi connectivity index (χ4v) is 2.08. The van der Waals surface area contributed by atoms with Crippen molar-refractivity contribution in [1.82, 2.24) is 5.32 Å². The average molecular weight is 276 g/mol. The summed E-state index contributed by atoms with van der Waals surface area (Å²) in [6.45, 7) is 4.59. The van der Waals surface area contributed by atoms with Gasteiger partial charge in [0.1, 0.15) is 0 Å². The first-order valence-corrected chi connectivity index (χ1v) is 6.36. The Kier molecular flexibility index (Phi) is 4.62. The summed E-state index contributed by atoms with van der Waals surface area (Å²) in [5, 5.41) is 2.86. The van der Waals surface area contributed by atoms with E-state index >= 15 is 0 Å². The number of amides is 1. The highest BCUT2D eigenvalue weighted by Gasteiger charge is 2.07. The Morgan fingerprint density at radius 1 is 1.57 bits per heavy atom. The monoisotopic (exact) mass is 275 g/mol. The van der Waals surface area contributed by atoms with E-state index in [0.717, 1.165) is 6.42 Å². The lowest BCUT2D eigenvalue weighted by Crippen LogP contribution is -2.28. The maximum atomic E-state index is 11.2. The Morgan fingerprint density at radius 2 is 2.21 bits per heavy atom. The summed E-state index contributed by atoms with van der Waals surface area (Å²) in [5.41, 5.74) is 0.